The Labute approximate surface area is 146 Å². The second-order valence-corrected chi connectivity index (χ2v) is 6.64. The number of nitrogens with one attached hydrogen (secondary N) is 1. The highest BCUT2D eigenvalue weighted by Gasteiger charge is 2.21. The fourth-order valence-corrected chi connectivity index (χ4v) is 3.35. The number of amides is 1. The van der Waals surface area contributed by atoms with Gasteiger partial charge in [0.15, 0.2) is 11.5 Å². The van der Waals surface area contributed by atoms with Crippen LogP contribution in [0.3, 0.4) is 0 Å². The third-order valence-electron chi connectivity index (χ3n) is 4.76. The van der Waals surface area contributed by atoms with E-state index in [1.54, 1.807) is 6.07 Å². The van der Waals surface area contributed by atoms with Crippen molar-refractivity contribution in [3.8, 4) is 5.75 Å². The molecule has 25 heavy (non-hydrogen) atoms. The molecule has 1 saturated heterocycles. The van der Waals surface area contributed by atoms with Crippen LogP contribution in [0.5, 0.6) is 5.75 Å². The summed E-state index contributed by atoms with van der Waals surface area (Å²) in [5.74, 6) is 1.12. The highest BCUT2D eigenvalue weighted by atomic mass is 16.5. The lowest BCUT2D eigenvalue weighted by molar-refractivity contribution is 0.0920. The molecule has 0 unspecified atom stereocenters. The molecule has 0 spiro atoms. The van der Waals surface area contributed by atoms with E-state index in [0.717, 1.165) is 25.0 Å². The van der Waals surface area contributed by atoms with Crippen molar-refractivity contribution >= 4 is 5.91 Å². The zero-order chi connectivity index (χ0) is 17.1. The Balaban J connectivity index is 1.34. The summed E-state index contributed by atoms with van der Waals surface area (Å²) in [5.41, 5.74) is 3.07. The standard InChI is InChI=1S/C19H22N2O4/c22-19(20-15-7-8-23-11-15)18-10-17(25-21-18)12-24-16-6-5-13-3-1-2-4-14(13)9-16/h5-6,9-10,15H,1-4,7-8,11-12H2,(H,20,22)/t15-/m0/s1. The van der Waals surface area contributed by atoms with Crippen molar-refractivity contribution in [2.75, 3.05) is 13.2 Å². The molecular weight excluding hydrogens is 320 g/mol. The van der Waals surface area contributed by atoms with Crippen LogP contribution in [0.2, 0.25) is 0 Å². The highest BCUT2D eigenvalue weighted by molar-refractivity contribution is 5.92. The SMILES string of the molecule is O=C(N[C@H]1CCOC1)c1cc(COc2ccc3c(c2)CCCC3)on1. The van der Waals surface area contributed by atoms with Gasteiger partial charge in [0.05, 0.1) is 12.6 Å². The summed E-state index contributed by atoms with van der Waals surface area (Å²) in [6.45, 7) is 1.49. The predicted octanol–water partition coefficient (Wildman–Crippen LogP) is 2.65. The number of hydrogen-bond donors (Lipinski definition) is 1. The summed E-state index contributed by atoms with van der Waals surface area (Å²) < 4.78 is 16.3. The van der Waals surface area contributed by atoms with E-state index in [9.17, 15) is 4.79 Å². The molecule has 2 aromatic rings. The number of benzene rings is 1. The van der Waals surface area contributed by atoms with E-state index in [-0.39, 0.29) is 24.2 Å². The van der Waals surface area contributed by atoms with Crippen molar-refractivity contribution in [3.05, 3.63) is 46.8 Å². The number of carbonyl (C=O) groups excluding carboxylic acids is 1. The largest absolute Gasteiger partial charge is 0.486 e. The van der Waals surface area contributed by atoms with Gasteiger partial charge in [-0.05, 0) is 55.4 Å². The number of hydrogen-bond acceptors (Lipinski definition) is 5. The Morgan fingerprint density at radius 1 is 1.24 bits per heavy atom. The molecule has 6 nitrogen and oxygen atoms in total. The Bertz CT molecular complexity index is 750. The van der Waals surface area contributed by atoms with Crippen LogP contribution < -0.4 is 10.1 Å². The summed E-state index contributed by atoms with van der Waals surface area (Å²) in [6, 6.07) is 7.93. The summed E-state index contributed by atoms with van der Waals surface area (Å²) in [5, 5.41) is 6.72. The van der Waals surface area contributed by atoms with Gasteiger partial charge in [-0.2, -0.15) is 0 Å². The summed E-state index contributed by atoms with van der Waals surface area (Å²) in [4.78, 5) is 12.1. The molecule has 1 aromatic carbocycles. The Hall–Kier alpha value is -2.34. The molecule has 2 heterocycles. The zero-order valence-electron chi connectivity index (χ0n) is 14.1. The molecule has 1 aliphatic heterocycles. The van der Waals surface area contributed by atoms with Gasteiger partial charge in [-0.1, -0.05) is 11.2 Å². The minimum atomic E-state index is -0.237. The normalized spacial score (nSPS) is 19.4. The third kappa shape index (κ3) is 3.85. The first-order chi connectivity index (χ1) is 12.3. The van der Waals surface area contributed by atoms with Crippen LogP contribution in [0.1, 0.15) is 46.6 Å². The average molecular weight is 342 g/mol. The van der Waals surface area contributed by atoms with Crippen molar-refractivity contribution in [1.29, 1.82) is 0 Å². The minimum Gasteiger partial charge on any atom is -0.486 e. The fraction of sp³-hybridized carbons (Fsp3) is 0.474. The molecule has 1 atom stereocenters. The van der Waals surface area contributed by atoms with E-state index >= 15 is 0 Å². The van der Waals surface area contributed by atoms with E-state index in [2.05, 4.69) is 22.6 Å². The molecule has 6 heteroatoms. The van der Waals surface area contributed by atoms with Gasteiger partial charge in [0, 0.05) is 12.7 Å². The monoisotopic (exact) mass is 342 g/mol. The molecular formula is C19H22N2O4. The molecule has 1 fully saturated rings. The van der Waals surface area contributed by atoms with Crippen LogP contribution in [0.25, 0.3) is 0 Å². The van der Waals surface area contributed by atoms with Crippen LogP contribution in [0.4, 0.5) is 0 Å². The lowest BCUT2D eigenvalue weighted by atomic mass is 9.92. The first kappa shape index (κ1) is 16.1. The highest BCUT2D eigenvalue weighted by Crippen LogP contribution is 2.25. The van der Waals surface area contributed by atoms with Gasteiger partial charge in [0.2, 0.25) is 0 Å². The number of carbonyl (C=O) groups is 1. The van der Waals surface area contributed by atoms with Gasteiger partial charge in [-0.15, -0.1) is 0 Å². The maximum Gasteiger partial charge on any atom is 0.273 e. The van der Waals surface area contributed by atoms with Crippen LogP contribution >= 0.6 is 0 Å². The summed E-state index contributed by atoms with van der Waals surface area (Å²) in [7, 11) is 0. The second kappa shape index (κ2) is 7.27. The van der Waals surface area contributed by atoms with E-state index in [1.807, 2.05) is 6.07 Å². The molecule has 2 aliphatic rings. The number of aryl methyl sites for hydroxylation is 2. The quantitative estimate of drug-likeness (QED) is 0.904. The fourth-order valence-electron chi connectivity index (χ4n) is 3.35. The maximum atomic E-state index is 12.1. The van der Waals surface area contributed by atoms with Gasteiger partial charge in [-0.3, -0.25) is 4.79 Å². The first-order valence-electron chi connectivity index (χ1n) is 8.87. The van der Waals surface area contributed by atoms with Gasteiger partial charge in [-0.25, -0.2) is 0 Å². The molecule has 0 radical (unpaired) electrons. The van der Waals surface area contributed by atoms with Crippen molar-refractivity contribution in [2.24, 2.45) is 0 Å². The van der Waals surface area contributed by atoms with Crippen LogP contribution in [-0.4, -0.2) is 30.3 Å². The van der Waals surface area contributed by atoms with Crippen molar-refractivity contribution in [1.82, 2.24) is 10.5 Å². The number of rotatable bonds is 5. The molecule has 0 bridgehead atoms. The van der Waals surface area contributed by atoms with Crippen molar-refractivity contribution in [2.45, 2.75) is 44.8 Å². The predicted molar refractivity (Wildman–Crippen MR) is 90.6 cm³/mol. The van der Waals surface area contributed by atoms with Gasteiger partial charge in [0.25, 0.3) is 5.91 Å². The summed E-state index contributed by atoms with van der Waals surface area (Å²) in [6.07, 6.45) is 5.61. The Kier molecular flexibility index (Phi) is 4.70. The molecule has 1 aromatic heterocycles. The number of fused-ring (bicyclic) bond motifs is 1. The number of ether oxygens (including phenoxy) is 2. The van der Waals surface area contributed by atoms with Crippen LogP contribution in [0.15, 0.2) is 28.8 Å². The van der Waals surface area contributed by atoms with Gasteiger partial charge in [0.1, 0.15) is 12.4 Å². The second-order valence-electron chi connectivity index (χ2n) is 6.64. The summed E-state index contributed by atoms with van der Waals surface area (Å²) >= 11 is 0. The maximum absolute atomic E-state index is 12.1. The smallest absolute Gasteiger partial charge is 0.273 e. The van der Waals surface area contributed by atoms with Crippen LogP contribution in [-0.2, 0) is 24.2 Å². The lowest BCUT2D eigenvalue weighted by Gasteiger charge is -2.16. The topological polar surface area (TPSA) is 73.6 Å². The minimum absolute atomic E-state index is 0.0550. The molecule has 1 aliphatic carbocycles. The molecule has 1 amide bonds. The Morgan fingerprint density at radius 3 is 2.96 bits per heavy atom. The van der Waals surface area contributed by atoms with Crippen LogP contribution in [0, 0.1) is 0 Å². The van der Waals surface area contributed by atoms with Gasteiger partial charge < -0.3 is 19.3 Å². The molecule has 4 rings (SSSR count). The third-order valence-corrected chi connectivity index (χ3v) is 4.76. The molecule has 1 N–H and O–H groups in total. The number of aromatic nitrogens is 1. The number of nitrogens with zero attached hydrogens (tertiary/aromatic N) is 1. The average Bonchev–Trinajstić information content (AvgIpc) is 3.31. The Morgan fingerprint density at radius 2 is 2.12 bits per heavy atom. The van der Waals surface area contributed by atoms with E-state index in [1.165, 1.54) is 24.0 Å². The lowest BCUT2D eigenvalue weighted by Crippen LogP contribution is -2.35. The molecule has 0 saturated carbocycles. The van der Waals surface area contributed by atoms with E-state index < -0.39 is 0 Å². The van der Waals surface area contributed by atoms with Gasteiger partial charge >= 0.3 is 0 Å². The first-order valence-corrected chi connectivity index (χ1v) is 8.87. The van der Waals surface area contributed by atoms with E-state index in [0.29, 0.717) is 19.0 Å². The molecule has 132 valence electrons. The van der Waals surface area contributed by atoms with Crippen molar-refractivity contribution < 1.29 is 18.8 Å². The van der Waals surface area contributed by atoms with E-state index in [4.69, 9.17) is 14.0 Å². The van der Waals surface area contributed by atoms with Crippen molar-refractivity contribution in [3.63, 3.8) is 0 Å². The zero-order valence-corrected chi connectivity index (χ0v) is 14.1.